The monoisotopic (exact) mass is 431 g/mol. The molecule has 3 heterocycles. The number of nitrogens with zero attached hydrogens (tertiary/aromatic N) is 4. The van der Waals surface area contributed by atoms with E-state index in [1.165, 1.54) is 5.56 Å². The number of fused-ring (bicyclic) bond motifs is 1. The zero-order valence-corrected chi connectivity index (χ0v) is 18.7. The van der Waals surface area contributed by atoms with Crippen LogP contribution in [0.15, 0.2) is 59.8 Å². The van der Waals surface area contributed by atoms with Crippen LogP contribution in [-0.2, 0) is 17.0 Å². The molecule has 0 spiro atoms. The molecule has 158 valence electrons. The molecule has 0 aliphatic carbocycles. The minimum absolute atomic E-state index is 0.00805. The van der Waals surface area contributed by atoms with Crippen molar-refractivity contribution in [3.63, 3.8) is 0 Å². The molecule has 0 aliphatic rings. The van der Waals surface area contributed by atoms with Gasteiger partial charge in [-0.05, 0) is 68.7 Å². The molecule has 31 heavy (non-hydrogen) atoms. The second-order valence-electron chi connectivity index (χ2n) is 7.54. The fourth-order valence-corrected chi connectivity index (χ4v) is 4.38. The number of aromatic nitrogens is 4. The molecule has 0 fully saturated rings. The first-order valence-corrected chi connectivity index (χ1v) is 11.2. The molecule has 1 aromatic carbocycles. The summed E-state index contributed by atoms with van der Waals surface area (Å²) in [7, 11) is 0. The summed E-state index contributed by atoms with van der Waals surface area (Å²) in [6.07, 6.45) is 4.68. The van der Waals surface area contributed by atoms with E-state index in [4.69, 9.17) is 0 Å². The maximum Gasteiger partial charge on any atom is 0.224 e. The Kier molecular flexibility index (Phi) is 6.32. The molecule has 0 unspecified atom stereocenters. The molecule has 4 aromatic rings. The lowest BCUT2D eigenvalue weighted by Gasteiger charge is -2.11. The maximum atomic E-state index is 12.5. The summed E-state index contributed by atoms with van der Waals surface area (Å²) in [6.45, 7) is 5.98. The number of anilines is 1. The molecule has 0 bridgehead atoms. The average Bonchev–Trinajstić information content (AvgIpc) is 3.14. The van der Waals surface area contributed by atoms with Crippen molar-refractivity contribution in [1.29, 1.82) is 0 Å². The van der Waals surface area contributed by atoms with Gasteiger partial charge >= 0.3 is 0 Å². The smallest absolute Gasteiger partial charge is 0.224 e. The van der Waals surface area contributed by atoms with Crippen LogP contribution in [0.4, 0.5) is 5.69 Å². The number of nitrogens with one attached hydrogen (secondary N) is 1. The number of hydrogen-bond donors (Lipinski definition) is 1. The Balaban J connectivity index is 1.33. The zero-order chi connectivity index (χ0) is 21.8. The Labute approximate surface area is 186 Å². The summed E-state index contributed by atoms with van der Waals surface area (Å²) in [6, 6.07) is 13.9. The van der Waals surface area contributed by atoms with Crippen LogP contribution in [0.3, 0.4) is 0 Å². The summed E-state index contributed by atoms with van der Waals surface area (Å²) in [5, 5.41) is 7.49. The van der Waals surface area contributed by atoms with Gasteiger partial charge in [-0.15, -0.1) is 11.8 Å². The van der Waals surface area contributed by atoms with Crippen LogP contribution in [0.5, 0.6) is 0 Å². The second kappa shape index (κ2) is 9.31. The number of carbonyl (C=O) groups is 1. The molecule has 7 heteroatoms. The summed E-state index contributed by atoms with van der Waals surface area (Å²) < 4.78 is 1.86. The first kappa shape index (κ1) is 21.1. The standard InChI is InChI=1S/C24H25N5OS/c1-16-13-23-26-17(2)22(18(3)29(23)28-16)10-11-24(30)27-20-6-8-21(9-7-20)31-15-19-5-4-12-25-14-19/h4-9,12-14H,10-11,15H2,1-3H3,(H,27,30). The van der Waals surface area contributed by atoms with Crippen molar-refractivity contribution in [2.75, 3.05) is 5.32 Å². The highest BCUT2D eigenvalue weighted by Crippen LogP contribution is 2.24. The fourth-order valence-electron chi connectivity index (χ4n) is 3.55. The number of thioether (sulfide) groups is 1. The van der Waals surface area contributed by atoms with Crippen LogP contribution in [0, 0.1) is 20.8 Å². The lowest BCUT2D eigenvalue weighted by Crippen LogP contribution is -2.14. The molecule has 0 saturated carbocycles. The second-order valence-corrected chi connectivity index (χ2v) is 8.59. The highest BCUT2D eigenvalue weighted by molar-refractivity contribution is 7.98. The summed E-state index contributed by atoms with van der Waals surface area (Å²) in [4.78, 5) is 22.4. The van der Waals surface area contributed by atoms with Gasteiger partial charge in [-0.25, -0.2) is 9.50 Å². The van der Waals surface area contributed by atoms with E-state index in [9.17, 15) is 4.79 Å². The molecule has 0 atom stereocenters. The van der Waals surface area contributed by atoms with Crippen LogP contribution in [0.25, 0.3) is 5.65 Å². The Morgan fingerprint density at radius 1 is 1.13 bits per heavy atom. The van der Waals surface area contributed by atoms with Gasteiger partial charge in [0.05, 0.1) is 5.69 Å². The van der Waals surface area contributed by atoms with E-state index in [1.54, 1.807) is 18.0 Å². The molecule has 1 amide bonds. The van der Waals surface area contributed by atoms with Crippen LogP contribution < -0.4 is 5.32 Å². The van der Waals surface area contributed by atoms with Crippen molar-refractivity contribution in [2.45, 2.75) is 44.3 Å². The molecule has 6 nitrogen and oxygen atoms in total. The predicted molar refractivity (Wildman–Crippen MR) is 124 cm³/mol. The van der Waals surface area contributed by atoms with E-state index in [0.717, 1.165) is 44.6 Å². The normalized spacial score (nSPS) is 11.1. The number of amides is 1. The van der Waals surface area contributed by atoms with Gasteiger partial charge in [0.15, 0.2) is 5.65 Å². The first-order chi connectivity index (χ1) is 15.0. The molecular formula is C24H25N5OS. The number of aryl methyl sites for hydroxylation is 3. The molecule has 0 radical (unpaired) electrons. The van der Waals surface area contributed by atoms with E-state index in [0.29, 0.717) is 12.8 Å². The van der Waals surface area contributed by atoms with Gasteiger partial charge < -0.3 is 5.32 Å². The van der Waals surface area contributed by atoms with Gasteiger partial charge in [-0.1, -0.05) is 6.07 Å². The van der Waals surface area contributed by atoms with E-state index >= 15 is 0 Å². The van der Waals surface area contributed by atoms with Gasteiger partial charge in [-0.2, -0.15) is 5.10 Å². The summed E-state index contributed by atoms with van der Waals surface area (Å²) in [5.74, 6) is 0.859. The lowest BCUT2D eigenvalue weighted by atomic mass is 10.1. The minimum atomic E-state index is -0.00805. The van der Waals surface area contributed by atoms with Gasteiger partial charge in [0.1, 0.15) is 0 Å². The first-order valence-electron chi connectivity index (χ1n) is 10.2. The Bertz CT molecular complexity index is 1200. The fraction of sp³-hybridized carbons (Fsp3) is 0.250. The van der Waals surface area contributed by atoms with Gasteiger partial charge in [0.2, 0.25) is 5.91 Å². The quantitative estimate of drug-likeness (QED) is 0.421. The molecule has 3 aromatic heterocycles. The number of rotatable bonds is 7. The topological polar surface area (TPSA) is 72.2 Å². The molecule has 4 rings (SSSR count). The summed E-state index contributed by atoms with van der Waals surface area (Å²) in [5.41, 5.74) is 6.85. The third kappa shape index (κ3) is 5.11. The zero-order valence-electron chi connectivity index (χ0n) is 17.9. The summed E-state index contributed by atoms with van der Waals surface area (Å²) >= 11 is 1.75. The molecular weight excluding hydrogens is 406 g/mol. The van der Waals surface area contributed by atoms with Crippen molar-refractivity contribution >= 4 is 29.0 Å². The van der Waals surface area contributed by atoms with Crippen molar-refractivity contribution < 1.29 is 4.79 Å². The predicted octanol–water partition coefficient (Wildman–Crippen LogP) is 4.91. The van der Waals surface area contributed by atoms with Gasteiger partial charge in [0, 0.05) is 52.6 Å². The molecule has 0 aliphatic heterocycles. The maximum absolute atomic E-state index is 12.5. The van der Waals surface area contributed by atoms with Crippen molar-refractivity contribution in [3.8, 4) is 0 Å². The highest BCUT2D eigenvalue weighted by Gasteiger charge is 2.13. The van der Waals surface area contributed by atoms with E-state index in [-0.39, 0.29) is 5.91 Å². The number of pyridine rings is 1. The Hall–Kier alpha value is -3.19. The molecule has 1 N–H and O–H groups in total. The van der Waals surface area contributed by atoms with Crippen LogP contribution in [0.2, 0.25) is 0 Å². The SMILES string of the molecule is Cc1cc2nc(C)c(CCC(=O)Nc3ccc(SCc4cccnc4)cc3)c(C)n2n1. The third-order valence-corrected chi connectivity index (χ3v) is 6.24. The average molecular weight is 432 g/mol. The van der Waals surface area contributed by atoms with E-state index in [2.05, 4.69) is 26.4 Å². The minimum Gasteiger partial charge on any atom is -0.326 e. The van der Waals surface area contributed by atoms with Crippen LogP contribution in [-0.4, -0.2) is 25.5 Å². The van der Waals surface area contributed by atoms with Crippen molar-refractivity contribution in [2.24, 2.45) is 0 Å². The number of benzene rings is 1. The van der Waals surface area contributed by atoms with Gasteiger partial charge in [-0.3, -0.25) is 9.78 Å². The number of hydrogen-bond acceptors (Lipinski definition) is 5. The van der Waals surface area contributed by atoms with E-state index < -0.39 is 0 Å². The molecule has 0 saturated heterocycles. The van der Waals surface area contributed by atoms with Crippen molar-refractivity contribution in [1.82, 2.24) is 19.6 Å². The third-order valence-electron chi connectivity index (χ3n) is 5.15. The largest absolute Gasteiger partial charge is 0.326 e. The number of carbonyl (C=O) groups excluding carboxylic acids is 1. The van der Waals surface area contributed by atoms with Crippen LogP contribution in [0.1, 0.15) is 34.6 Å². The Morgan fingerprint density at radius 2 is 1.94 bits per heavy atom. The van der Waals surface area contributed by atoms with Gasteiger partial charge in [0.25, 0.3) is 0 Å². The van der Waals surface area contributed by atoms with E-state index in [1.807, 2.05) is 67.9 Å². The Morgan fingerprint density at radius 3 is 2.68 bits per heavy atom. The van der Waals surface area contributed by atoms with Crippen LogP contribution >= 0.6 is 11.8 Å². The lowest BCUT2D eigenvalue weighted by molar-refractivity contribution is -0.116. The van der Waals surface area contributed by atoms with Crippen molar-refractivity contribution in [3.05, 3.63) is 83.1 Å². The highest BCUT2D eigenvalue weighted by atomic mass is 32.2.